The Bertz CT molecular complexity index is 875. The quantitative estimate of drug-likeness (QED) is 0.608. The van der Waals surface area contributed by atoms with Crippen molar-refractivity contribution in [2.45, 2.75) is 13.0 Å². The van der Waals surface area contributed by atoms with E-state index in [0.29, 0.717) is 16.4 Å². The van der Waals surface area contributed by atoms with Gasteiger partial charge in [0.05, 0.1) is 25.1 Å². The fourth-order valence-corrected chi connectivity index (χ4v) is 2.64. The number of anilines is 1. The van der Waals surface area contributed by atoms with Crippen molar-refractivity contribution >= 4 is 29.4 Å². The van der Waals surface area contributed by atoms with Gasteiger partial charge in [0.1, 0.15) is 18.1 Å². The summed E-state index contributed by atoms with van der Waals surface area (Å²) in [7, 11) is 1.48. The third-order valence-electron chi connectivity index (χ3n) is 4.03. The summed E-state index contributed by atoms with van der Waals surface area (Å²) in [6.07, 6.45) is 1.47. The average molecular weight is 371 g/mol. The van der Waals surface area contributed by atoms with Gasteiger partial charge in [-0.3, -0.25) is 14.4 Å². The number of methoxy groups -OCH3 is 1. The van der Waals surface area contributed by atoms with Gasteiger partial charge in [-0.25, -0.2) is 14.6 Å². The summed E-state index contributed by atoms with van der Waals surface area (Å²) in [5.74, 6) is -1.61. The average Bonchev–Trinajstić information content (AvgIpc) is 3.26. The number of imide groups is 2. The van der Waals surface area contributed by atoms with E-state index in [4.69, 9.17) is 9.15 Å². The SMILES string of the molecule is COc1ccc(N2C(=O)C(=O)N(CC(=O)N[C@@H](C)c3ccco3)C2=O)cc1. The van der Waals surface area contributed by atoms with E-state index in [1.807, 2.05) is 0 Å². The van der Waals surface area contributed by atoms with Gasteiger partial charge in [-0.05, 0) is 43.3 Å². The molecule has 0 radical (unpaired) electrons. The van der Waals surface area contributed by atoms with Gasteiger partial charge >= 0.3 is 17.8 Å². The van der Waals surface area contributed by atoms with E-state index >= 15 is 0 Å². The number of nitrogens with one attached hydrogen (secondary N) is 1. The second-order valence-electron chi connectivity index (χ2n) is 5.82. The lowest BCUT2D eigenvalue weighted by Crippen LogP contribution is -2.42. The van der Waals surface area contributed by atoms with Gasteiger partial charge in [0.15, 0.2) is 0 Å². The molecule has 9 nitrogen and oxygen atoms in total. The minimum atomic E-state index is -1.06. The topological polar surface area (TPSA) is 109 Å². The van der Waals surface area contributed by atoms with Crippen molar-refractivity contribution in [2.24, 2.45) is 0 Å². The van der Waals surface area contributed by atoms with Crippen LogP contribution in [0.4, 0.5) is 10.5 Å². The van der Waals surface area contributed by atoms with Crippen LogP contribution in [0.3, 0.4) is 0 Å². The molecule has 1 saturated heterocycles. The Labute approximate surface area is 154 Å². The van der Waals surface area contributed by atoms with Crippen LogP contribution in [-0.2, 0) is 14.4 Å². The summed E-state index contributed by atoms with van der Waals surface area (Å²) in [4.78, 5) is 50.4. The standard InChI is InChI=1S/C18H17N3O6/c1-11(14-4-3-9-27-14)19-15(22)10-20-16(23)17(24)21(18(20)25)12-5-7-13(26-2)8-6-12/h3-9,11H,10H2,1-2H3,(H,19,22)/t11-/m0/s1. The van der Waals surface area contributed by atoms with Crippen LogP contribution in [0.25, 0.3) is 0 Å². The van der Waals surface area contributed by atoms with Gasteiger partial charge < -0.3 is 14.5 Å². The summed E-state index contributed by atoms with van der Waals surface area (Å²) in [6.45, 7) is 1.13. The van der Waals surface area contributed by atoms with Crippen LogP contribution in [0, 0.1) is 0 Å². The van der Waals surface area contributed by atoms with Crippen LogP contribution < -0.4 is 15.0 Å². The maximum absolute atomic E-state index is 12.5. The van der Waals surface area contributed by atoms with Gasteiger partial charge in [0.2, 0.25) is 5.91 Å². The lowest BCUT2D eigenvalue weighted by atomic mass is 10.2. The predicted molar refractivity (Wildman–Crippen MR) is 92.9 cm³/mol. The van der Waals surface area contributed by atoms with Crippen LogP contribution >= 0.6 is 0 Å². The smallest absolute Gasteiger partial charge is 0.339 e. The minimum absolute atomic E-state index is 0.214. The molecule has 140 valence electrons. The summed E-state index contributed by atoms with van der Waals surface area (Å²) >= 11 is 0. The van der Waals surface area contributed by atoms with Gasteiger partial charge in [-0.15, -0.1) is 0 Å². The summed E-state index contributed by atoms with van der Waals surface area (Å²) in [5, 5.41) is 2.61. The van der Waals surface area contributed by atoms with E-state index in [2.05, 4.69) is 5.32 Å². The van der Waals surface area contributed by atoms with Crippen molar-refractivity contribution < 1.29 is 28.3 Å². The number of benzene rings is 1. The third kappa shape index (κ3) is 3.52. The number of urea groups is 1. The Kier molecular flexibility index (Phi) is 4.93. The molecule has 1 atom stereocenters. The zero-order chi connectivity index (χ0) is 19.6. The highest BCUT2D eigenvalue weighted by Crippen LogP contribution is 2.24. The van der Waals surface area contributed by atoms with Gasteiger partial charge in [-0.1, -0.05) is 0 Å². The van der Waals surface area contributed by atoms with Crippen LogP contribution in [0.5, 0.6) is 5.75 Å². The van der Waals surface area contributed by atoms with Crippen LogP contribution in [0.15, 0.2) is 47.1 Å². The second-order valence-corrected chi connectivity index (χ2v) is 5.82. The Balaban J connectivity index is 1.70. The van der Waals surface area contributed by atoms with E-state index in [0.717, 1.165) is 4.90 Å². The molecule has 1 aliphatic rings. The molecule has 9 heteroatoms. The van der Waals surface area contributed by atoms with Gasteiger partial charge in [0.25, 0.3) is 0 Å². The zero-order valence-corrected chi connectivity index (χ0v) is 14.7. The highest BCUT2D eigenvalue weighted by molar-refractivity contribution is 6.53. The largest absolute Gasteiger partial charge is 0.497 e. The summed E-state index contributed by atoms with van der Waals surface area (Å²) in [5.41, 5.74) is 0.214. The molecule has 1 aromatic carbocycles. The van der Waals surface area contributed by atoms with E-state index in [1.54, 1.807) is 31.2 Å². The molecule has 2 heterocycles. The molecule has 1 aliphatic heterocycles. The number of furan rings is 1. The number of carbonyl (C=O) groups is 4. The molecular weight excluding hydrogens is 354 g/mol. The molecule has 2 aromatic rings. The van der Waals surface area contributed by atoms with Crippen molar-refractivity contribution in [3.8, 4) is 5.75 Å². The van der Waals surface area contributed by atoms with Crippen molar-refractivity contribution in [3.63, 3.8) is 0 Å². The molecule has 0 unspecified atom stereocenters. The molecule has 0 bridgehead atoms. The Morgan fingerprint density at radius 2 is 1.85 bits per heavy atom. The van der Waals surface area contributed by atoms with Crippen LogP contribution in [0.1, 0.15) is 18.7 Å². The third-order valence-corrected chi connectivity index (χ3v) is 4.03. The van der Waals surface area contributed by atoms with Crippen molar-refractivity contribution in [2.75, 3.05) is 18.6 Å². The lowest BCUT2D eigenvalue weighted by molar-refractivity contribution is -0.140. The number of rotatable bonds is 6. The predicted octanol–water partition coefficient (Wildman–Crippen LogP) is 1.46. The number of carbonyl (C=O) groups excluding carboxylic acids is 4. The monoisotopic (exact) mass is 371 g/mol. The Morgan fingerprint density at radius 3 is 2.44 bits per heavy atom. The second kappa shape index (κ2) is 7.32. The van der Waals surface area contributed by atoms with E-state index < -0.39 is 36.3 Å². The summed E-state index contributed by atoms with van der Waals surface area (Å²) in [6, 6.07) is 8.10. The first kappa shape index (κ1) is 18.2. The van der Waals surface area contributed by atoms with Crippen LogP contribution in [-0.4, -0.2) is 42.3 Å². The molecule has 1 N–H and O–H groups in total. The maximum atomic E-state index is 12.5. The number of ether oxygens (including phenoxy) is 1. The molecule has 0 spiro atoms. The first-order chi connectivity index (χ1) is 12.9. The highest BCUT2D eigenvalue weighted by Gasteiger charge is 2.46. The van der Waals surface area contributed by atoms with Crippen molar-refractivity contribution in [1.82, 2.24) is 10.2 Å². The molecule has 3 rings (SSSR count). The van der Waals surface area contributed by atoms with Gasteiger partial charge in [0, 0.05) is 0 Å². The Hall–Kier alpha value is -3.62. The fraction of sp³-hybridized carbons (Fsp3) is 0.222. The van der Waals surface area contributed by atoms with E-state index in [-0.39, 0.29) is 5.69 Å². The molecular formula is C18H17N3O6. The minimum Gasteiger partial charge on any atom is -0.497 e. The van der Waals surface area contributed by atoms with E-state index in [9.17, 15) is 19.2 Å². The zero-order valence-electron chi connectivity index (χ0n) is 14.7. The van der Waals surface area contributed by atoms with Crippen molar-refractivity contribution in [1.29, 1.82) is 0 Å². The molecule has 0 saturated carbocycles. The molecule has 1 aromatic heterocycles. The molecule has 5 amide bonds. The van der Waals surface area contributed by atoms with Gasteiger partial charge in [-0.2, -0.15) is 0 Å². The highest BCUT2D eigenvalue weighted by atomic mass is 16.5. The molecule has 0 aliphatic carbocycles. The normalized spacial score (nSPS) is 15.3. The molecule has 1 fully saturated rings. The first-order valence-electron chi connectivity index (χ1n) is 8.09. The number of amides is 5. The number of hydrogen-bond donors (Lipinski definition) is 1. The van der Waals surface area contributed by atoms with Crippen molar-refractivity contribution in [3.05, 3.63) is 48.4 Å². The van der Waals surface area contributed by atoms with Crippen LogP contribution in [0.2, 0.25) is 0 Å². The van der Waals surface area contributed by atoms with E-state index in [1.165, 1.54) is 25.5 Å². The maximum Gasteiger partial charge on any atom is 0.339 e. The summed E-state index contributed by atoms with van der Waals surface area (Å²) < 4.78 is 10.2. The molecule has 27 heavy (non-hydrogen) atoms. The number of nitrogens with zero attached hydrogens (tertiary/aromatic N) is 2. The lowest BCUT2D eigenvalue weighted by Gasteiger charge is -2.17. The fourth-order valence-electron chi connectivity index (χ4n) is 2.64. The first-order valence-corrected chi connectivity index (χ1v) is 8.09. The Morgan fingerprint density at radius 1 is 1.15 bits per heavy atom. The number of hydrogen-bond acceptors (Lipinski definition) is 6.